The van der Waals surface area contributed by atoms with Crippen LogP contribution in [0.3, 0.4) is 0 Å². The fourth-order valence-electron chi connectivity index (χ4n) is 2.78. The minimum Gasteiger partial charge on any atom is -0.449 e. The summed E-state index contributed by atoms with van der Waals surface area (Å²) in [6, 6.07) is 15.5. The zero-order chi connectivity index (χ0) is 19.9. The van der Waals surface area contributed by atoms with E-state index in [1.54, 1.807) is 19.1 Å². The summed E-state index contributed by atoms with van der Waals surface area (Å²) < 4.78 is 5.77. The smallest absolute Gasteiger partial charge is 0.338 e. The predicted molar refractivity (Wildman–Crippen MR) is 117 cm³/mol. The van der Waals surface area contributed by atoms with Gasteiger partial charge in [0.15, 0.2) is 6.10 Å². The number of ether oxygens (including phenoxy) is 1. The molecule has 1 aliphatic rings. The first-order valence-electron chi connectivity index (χ1n) is 9.40. The number of thioether (sulfide) groups is 2. The molecule has 2 aromatic carbocycles. The summed E-state index contributed by atoms with van der Waals surface area (Å²) in [5.74, 6) is 1.57. The standard InChI is InChI=1S/C22H25NO3S2/c1-15-4-6-17(7-5-15)14-23-20(24)16(2)26-21(25)18-8-10-19(11-9-18)22-27-12-3-13-28-22/h4-11,16,22H,3,12-14H2,1-2H3,(H,23,24)/t16-/m0/s1. The summed E-state index contributed by atoms with van der Waals surface area (Å²) in [6.07, 6.45) is 0.405. The van der Waals surface area contributed by atoms with Gasteiger partial charge in [-0.3, -0.25) is 4.79 Å². The number of nitrogens with one attached hydrogen (secondary N) is 1. The van der Waals surface area contributed by atoms with E-state index >= 15 is 0 Å². The summed E-state index contributed by atoms with van der Waals surface area (Å²) in [4.78, 5) is 24.6. The van der Waals surface area contributed by atoms with Crippen molar-refractivity contribution in [3.8, 4) is 0 Å². The van der Waals surface area contributed by atoms with Crippen molar-refractivity contribution in [2.45, 2.75) is 37.5 Å². The van der Waals surface area contributed by atoms with Gasteiger partial charge >= 0.3 is 5.97 Å². The quantitative estimate of drug-likeness (QED) is 0.692. The van der Waals surface area contributed by atoms with Gasteiger partial charge in [0.1, 0.15) is 0 Å². The average molecular weight is 416 g/mol. The van der Waals surface area contributed by atoms with Gasteiger partial charge < -0.3 is 10.1 Å². The van der Waals surface area contributed by atoms with Crippen molar-refractivity contribution >= 4 is 35.4 Å². The topological polar surface area (TPSA) is 55.4 Å². The van der Waals surface area contributed by atoms with Crippen LogP contribution in [0.15, 0.2) is 48.5 Å². The molecule has 0 radical (unpaired) electrons. The molecule has 1 heterocycles. The van der Waals surface area contributed by atoms with Crippen LogP contribution in [0.1, 0.15) is 45.0 Å². The van der Waals surface area contributed by atoms with Crippen molar-refractivity contribution in [1.82, 2.24) is 5.32 Å². The van der Waals surface area contributed by atoms with Crippen molar-refractivity contribution in [3.63, 3.8) is 0 Å². The molecule has 0 aromatic heterocycles. The minimum atomic E-state index is -0.845. The number of hydrogen-bond donors (Lipinski definition) is 1. The summed E-state index contributed by atoms with van der Waals surface area (Å²) in [5.41, 5.74) is 3.86. The lowest BCUT2D eigenvalue weighted by molar-refractivity contribution is -0.129. The first-order valence-corrected chi connectivity index (χ1v) is 11.5. The second kappa shape index (κ2) is 10.0. The molecule has 1 N–H and O–H groups in total. The fourth-order valence-corrected chi connectivity index (χ4v) is 5.67. The van der Waals surface area contributed by atoms with Crippen molar-refractivity contribution in [1.29, 1.82) is 0 Å². The summed E-state index contributed by atoms with van der Waals surface area (Å²) in [6.45, 7) is 4.02. The van der Waals surface area contributed by atoms with Gasteiger partial charge in [0.05, 0.1) is 10.1 Å². The summed E-state index contributed by atoms with van der Waals surface area (Å²) in [5, 5.41) is 2.81. The van der Waals surface area contributed by atoms with E-state index in [9.17, 15) is 9.59 Å². The van der Waals surface area contributed by atoms with Crippen LogP contribution < -0.4 is 5.32 Å². The van der Waals surface area contributed by atoms with Gasteiger partial charge in [-0.15, -0.1) is 23.5 Å². The normalized spacial score (nSPS) is 15.6. The molecule has 1 saturated heterocycles. The molecule has 2 aromatic rings. The molecule has 148 valence electrons. The largest absolute Gasteiger partial charge is 0.449 e. The van der Waals surface area contributed by atoms with Crippen LogP contribution in [0.4, 0.5) is 0 Å². The monoisotopic (exact) mass is 415 g/mol. The molecular formula is C22H25NO3S2. The molecule has 3 rings (SSSR count). The van der Waals surface area contributed by atoms with Gasteiger partial charge in [0, 0.05) is 6.54 Å². The molecule has 6 heteroatoms. The molecule has 0 aliphatic carbocycles. The first-order chi connectivity index (χ1) is 13.5. The first kappa shape index (κ1) is 20.8. The van der Waals surface area contributed by atoms with E-state index in [1.807, 2.05) is 66.8 Å². The Labute approximate surface area is 174 Å². The molecule has 28 heavy (non-hydrogen) atoms. The maximum absolute atomic E-state index is 12.3. The highest BCUT2D eigenvalue weighted by atomic mass is 32.2. The SMILES string of the molecule is Cc1ccc(CNC(=O)[C@H](C)OC(=O)c2ccc(C3SCCCS3)cc2)cc1. The molecule has 0 spiro atoms. The van der Waals surface area contributed by atoms with Crippen LogP contribution in [-0.4, -0.2) is 29.5 Å². The van der Waals surface area contributed by atoms with Crippen molar-refractivity contribution in [2.24, 2.45) is 0 Å². The Kier molecular flexibility index (Phi) is 7.45. The third kappa shape index (κ3) is 5.79. The lowest BCUT2D eigenvalue weighted by Gasteiger charge is -2.21. The number of hydrogen-bond acceptors (Lipinski definition) is 5. The number of rotatable bonds is 6. The molecule has 0 bridgehead atoms. The Morgan fingerprint density at radius 3 is 2.36 bits per heavy atom. The van der Waals surface area contributed by atoms with Gasteiger partial charge in [-0.25, -0.2) is 4.79 Å². The lowest BCUT2D eigenvalue weighted by Crippen LogP contribution is -2.35. The van der Waals surface area contributed by atoms with Gasteiger partial charge in [-0.2, -0.15) is 0 Å². The van der Waals surface area contributed by atoms with Gasteiger partial charge in [-0.1, -0.05) is 42.0 Å². The number of aryl methyl sites for hydroxylation is 1. The number of carbonyl (C=O) groups is 2. The number of benzene rings is 2. The summed E-state index contributed by atoms with van der Waals surface area (Å²) >= 11 is 3.89. The van der Waals surface area contributed by atoms with Crippen molar-refractivity contribution in [3.05, 3.63) is 70.8 Å². The van der Waals surface area contributed by atoms with E-state index in [-0.39, 0.29) is 5.91 Å². The highest BCUT2D eigenvalue weighted by molar-refractivity contribution is 8.16. The Morgan fingerprint density at radius 2 is 1.71 bits per heavy atom. The van der Waals surface area contributed by atoms with E-state index < -0.39 is 12.1 Å². The zero-order valence-corrected chi connectivity index (χ0v) is 17.8. The van der Waals surface area contributed by atoms with Crippen LogP contribution in [0.5, 0.6) is 0 Å². The molecular weight excluding hydrogens is 390 g/mol. The lowest BCUT2D eigenvalue weighted by atomic mass is 10.1. The molecule has 1 atom stereocenters. The highest BCUT2D eigenvalue weighted by Gasteiger charge is 2.20. The Hall–Kier alpha value is -1.92. The molecule has 1 aliphatic heterocycles. The van der Waals surface area contributed by atoms with Crippen LogP contribution >= 0.6 is 23.5 Å². The number of amides is 1. The molecule has 1 fully saturated rings. The molecule has 0 saturated carbocycles. The second-order valence-electron chi connectivity index (χ2n) is 6.80. The second-order valence-corrected chi connectivity index (χ2v) is 9.52. The number of esters is 1. The third-order valence-corrected chi connectivity index (χ3v) is 7.50. The maximum atomic E-state index is 12.3. The fraction of sp³-hybridized carbons (Fsp3) is 0.364. The highest BCUT2D eigenvalue weighted by Crippen LogP contribution is 2.43. The summed E-state index contributed by atoms with van der Waals surface area (Å²) in [7, 11) is 0. The van der Waals surface area contributed by atoms with E-state index in [0.29, 0.717) is 16.7 Å². The molecule has 1 amide bonds. The maximum Gasteiger partial charge on any atom is 0.338 e. The Balaban J connectivity index is 1.50. The van der Waals surface area contributed by atoms with E-state index in [4.69, 9.17) is 4.74 Å². The van der Waals surface area contributed by atoms with E-state index in [1.165, 1.54) is 29.1 Å². The average Bonchev–Trinajstić information content (AvgIpc) is 2.73. The van der Waals surface area contributed by atoms with Crippen LogP contribution in [0, 0.1) is 6.92 Å². The van der Waals surface area contributed by atoms with Gasteiger partial charge in [-0.05, 0) is 55.0 Å². The number of carbonyl (C=O) groups excluding carboxylic acids is 2. The Morgan fingerprint density at radius 1 is 1.07 bits per heavy atom. The Bertz CT molecular complexity index is 800. The van der Waals surface area contributed by atoms with Crippen molar-refractivity contribution in [2.75, 3.05) is 11.5 Å². The minimum absolute atomic E-state index is 0.305. The molecule has 4 nitrogen and oxygen atoms in total. The molecule has 0 unspecified atom stereocenters. The van der Waals surface area contributed by atoms with Crippen molar-refractivity contribution < 1.29 is 14.3 Å². The van der Waals surface area contributed by atoms with Crippen LogP contribution in [0.2, 0.25) is 0 Å². The van der Waals surface area contributed by atoms with Gasteiger partial charge in [0.25, 0.3) is 5.91 Å². The zero-order valence-electron chi connectivity index (χ0n) is 16.1. The van der Waals surface area contributed by atoms with E-state index in [0.717, 1.165) is 5.56 Å². The third-order valence-electron chi connectivity index (χ3n) is 4.49. The van der Waals surface area contributed by atoms with Crippen LogP contribution in [0.25, 0.3) is 0 Å². The van der Waals surface area contributed by atoms with Gasteiger partial charge in [0.2, 0.25) is 0 Å². The van der Waals surface area contributed by atoms with Crippen LogP contribution in [-0.2, 0) is 16.1 Å². The van der Waals surface area contributed by atoms with E-state index in [2.05, 4.69) is 5.32 Å². The predicted octanol–water partition coefficient (Wildman–Crippen LogP) is 4.73.